The molecule has 0 spiro atoms. The van der Waals surface area contributed by atoms with Gasteiger partial charge >= 0.3 is 0 Å². The van der Waals surface area contributed by atoms with Gasteiger partial charge in [0, 0.05) is 14.1 Å². The lowest BCUT2D eigenvalue weighted by molar-refractivity contribution is 0.977. The van der Waals surface area contributed by atoms with Crippen LogP contribution in [-0.4, -0.2) is 30.3 Å². The number of aromatic nitrogens is 2. The van der Waals surface area contributed by atoms with Crippen LogP contribution < -0.4 is 4.90 Å². The van der Waals surface area contributed by atoms with Gasteiger partial charge in [0.25, 0.3) is 0 Å². The molecule has 0 aliphatic heterocycles. The number of thioether (sulfide) groups is 1. The van der Waals surface area contributed by atoms with Gasteiger partial charge in [-0.05, 0) is 6.26 Å². The number of hydrogen-bond acceptors (Lipinski definition) is 4. The molecule has 3 nitrogen and oxygen atoms in total. The zero-order valence-electron chi connectivity index (χ0n) is 7.51. The molecule has 1 rings (SSSR count). The highest BCUT2D eigenvalue weighted by atomic mass is 35.5. The van der Waals surface area contributed by atoms with E-state index in [1.807, 2.05) is 20.4 Å². The van der Waals surface area contributed by atoms with Crippen molar-refractivity contribution in [3.8, 4) is 0 Å². The second-order valence-corrected chi connectivity index (χ2v) is 4.07. The Bertz CT molecular complexity index is 294. The average molecular weight is 238 g/mol. The van der Waals surface area contributed by atoms with Gasteiger partial charge in [0.15, 0.2) is 0 Å². The predicted octanol–water partition coefficient (Wildman–Crippen LogP) is 2.57. The van der Waals surface area contributed by atoms with E-state index in [-0.39, 0.29) is 0 Å². The van der Waals surface area contributed by atoms with Gasteiger partial charge in [-0.15, -0.1) is 11.8 Å². The van der Waals surface area contributed by atoms with Gasteiger partial charge in [-0.3, -0.25) is 0 Å². The SMILES string of the molecule is CSc1c(Cl)nc(N(C)C)nc1Cl. The molecule has 0 radical (unpaired) electrons. The zero-order chi connectivity index (χ0) is 10.0. The van der Waals surface area contributed by atoms with Crippen LogP contribution in [-0.2, 0) is 0 Å². The first kappa shape index (κ1) is 10.9. The van der Waals surface area contributed by atoms with Crippen molar-refractivity contribution in [2.45, 2.75) is 4.90 Å². The maximum absolute atomic E-state index is 5.90. The first-order chi connectivity index (χ1) is 6.06. The molecule has 0 aromatic carbocycles. The van der Waals surface area contributed by atoms with Crippen LogP contribution in [0, 0.1) is 0 Å². The first-order valence-electron chi connectivity index (χ1n) is 3.50. The maximum Gasteiger partial charge on any atom is 0.227 e. The summed E-state index contributed by atoms with van der Waals surface area (Å²) in [5.74, 6) is 0.521. The molecular formula is C7H9Cl2N3S. The van der Waals surface area contributed by atoms with Crippen LogP contribution in [0.4, 0.5) is 5.95 Å². The number of hydrogen-bond donors (Lipinski definition) is 0. The molecule has 0 bridgehead atoms. The molecule has 1 aromatic heterocycles. The van der Waals surface area contributed by atoms with Crippen molar-refractivity contribution >= 4 is 40.9 Å². The van der Waals surface area contributed by atoms with E-state index in [4.69, 9.17) is 23.2 Å². The fourth-order valence-corrected chi connectivity index (χ4v) is 2.03. The average Bonchev–Trinajstić information content (AvgIpc) is 2.03. The largest absolute Gasteiger partial charge is 0.347 e. The third-order valence-electron chi connectivity index (χ3n) is 1.38. The smallest absolute Gasteiger partial charge is 0.227 e. The summed E-state index contributed by atoms with van der Waals surface area (Å²) in [6, 6.07) is 0. The Morgan fingerprint density at radius 2 is 1.62 bits per heavy atom. The summed E-state index contributed by atoms with van der Waals surface area (Å²) >= 11 is 13.2. The van der Waals surface area contributed by atoms with Gasteiger partial charge < -0.3 is 4.90 Å². The van der Waals surface area contributed by atoms with E-state index in [1.54, 1.807) is 4.90 Å². The molecule has 0 fully saturated rings. The van der Waals surface area contributed by atoms with E-state index < -0.39 is 0 Å². The highest BCUT2D eigenvalue weighted by Crippen LogP contribution is 2.31. The number of nitrogens with zero attached hydrogens (tertiary/aromatic N) is 3. The molecule has 0 atom stereocenters. The van der Waals surface area contributed by atoms with Gasteiger partial charge in [0.2, 0.25) is 5.95 Å². The quantitative estimate of drug-likeness (QED) is 0.585. The van der Waals surface area contributed by atoms with E-state index in [1.165, 1.54) is 11.8 Å². The van der Waals surface area contributed by atoms with Crippen molar-refractivity contribution in [1.82, 2.24) is 9.97 Å². The Hall–Kier alpha value is -0.190. The predicted molar refractivity (Wildman–Crippen MR) is 58.2 cm³/mol. The van der Waals surface area contributed by atoms with Crippen molar-refractivity contribution in [3.05, 3.63) is 10.3 Å². The summed E-state index contributed by atoms with van der Waals surface area (Å²) < 4.78 is 0. The third kappa shape index (κ3) is 2.39. The highest BCUT2D eigenvalue weighted by Gasteiger charge is 2.11. The Morgan fingerprint density at radius 3 is 1.92 bits per heavy atom. The van der Waals surface area contributed by atoms with Crippen LogP contribution in [0.1, 0.15) is 0 Å². The van der Waals surface area contributed by atoms with Crippen LogP contribution in [0.2, 0.25) is 10.3 Å². The molecule has 1 heterocycles. The maximum atomic E-state index is 5.90. The van der Waals surface area contributed by atoms with Crippen molar-refractivity contribution in [2.75, 3.05) is 25.3 Å². The summed E-state index contributed by atoms with van der Waals surface area (Å²) in [5.41, 5.74) is 0. The molecular weight excluding hydrogens is 229 g/mol. The van der Waals surface area contributed by atoms with E-state index in [0.29, 0.717) is 21.2 Å². The van der Waals surface area contributed by atoms with Gasteiger partial charge in [0.05, 0.1) is 4.90 Å². The van der Waals surface area contributed by atoms with Crippen LogP contribution in [0.5, 0.6) is 0 Å². The van der Waals surface area contributed by atoms with E-state index in [0.717, 1.165) is 0 Å². The Labute approximate surface area is 91.5 Å². The fraction of sp³-hybridized carbons (Fsp3) is 0.429. The van der Waals surface area contributed by atoms with Crippen LogP contribution >= 0.6 is 35.0 Å². The molecule has 72 valence electrons. The molecule has 0 aliphatic carbocycles. The van der Waals surface area contributed by atoms with Crippen molar-refractivity contribution in [2.24, 2.45) is 0 Å². The second-order valence-electron chi connectivity index (χ2n) is 2.53. The monoisotopic (exact) mass is 237 g/mol. The second kappa shape index (κ2) is 4.35. The molecule has 0 N–H and O–H groups in total. The molecule has 1 aromatic rings. The third-order valence-corrected chi connectivity index (χ3v) is 2.94. The number of anilines is 1. The summed E-state index contributed by atoms with van der Waals surface area (Å²) in [6.07, 6.45) is 1.88. The summed E-state index contributed by atoms with van der Waals surface area (Å²) in [7, 11) is 3.67. The minimum absolute atomic E-state index is 0.399. The summed E-state index contributed by atoms with van der Waals surface area (Å²) in [6.45, 7) is 0. The van der Waals surface area contributed by atoms with Crippen molar-refractivity contribution < 1.29 is 0 Å². The zero-order valence-corrected chi connectivity index (χ0v) is 9.83. The van der Waals surface area contributed by atoms with Gasteiger partial charge in [-0.1, -0.05) is 23.2 Å². The lowest BCUT2D eigenvalue weighted by Gasteiger charge is -2.11. The minimum Gasteiger partial charge on any atom is -0.347 e. The van der Waals surface area contributed by atoms with E-state index in [9.17, 15) is 0 Å². The minimum atomic E-state index is 0.399. The summed E-state index contributed by atoms with van der Waals surface area (Å²) in [5, 5.41) is 0.799. The molecule has 6 heteroatoms. The van der Waals surface area contributed by atoms with Crippen molar-refractivity contribution in [1.29, 1.82) is 0 Å². The van der Waals surface area contributed by atoms with E-state index in [2.05, 4.69) is 9.97 Å². The van der Waals surface area contributed by atoms with Crippen LogP contribution in [0.15, 0.2) is 4.90 Å². The van der Waals surface area contributed by atoms with Gasteiger partial charge in [0.1, 0.15) is 10.3 Å². The Morgan fingerprint density at radius 1 is 1.15 bits per heavy atom. The Balaban J connectivity index is 3.20. The van der Waals surface area contributed by atoms with Crippen LogP contribution in [0.25, 0.3) is 0 Å². The molecule has 0 saturated carbocycles. The van der Waals surface area contributed by atoms with Gasteiger partial charge in [-0.25, -0.2) is 0 Å². The first-order valence-corrected chi connectivity index (χ1v) is 5.48. The van der Waals surface area contributed by atoms with Gasteiger partial charge in [-0.2, -0.15) is 9.97 Å². The van der Waals surface area contributed by atoms with Crippen molar-refractivity contribution in [3.63, 3.8) is 0 Å². The summed E-state index contributed by atoms with van der Waals surface area (Å²) in [4.78, 5) is 10.6. The standard InChI is InChI=1S/C7H9Cl2N3S/c1-12(2)7-10-5(8)4(13-3)6(9)11-7/h1-3H3. The number of halogens is 2. The number of rotatable bonds is 2. The Kier molecular flexibility index (Phi) is 3.64. The van der Waals surface area contributed by atoms with E-state index >= 15 is 0 Å². The lowest BCUT2D eigenvalue weighted by Crippen LogP contribution is -2.13. The fourth-order valence-electron chi connectivity index (χ4n) is 0.756. The molecule has 0 unspecified atom stereocenters. The normalized spacial score (nSPS) is 10.2. The molecule has 0 saturated heterocycles. The topological polar surface area (TPSA) is 29.0 Å². The molecule has 13 heavy (non-hydrogen) atoms. The molecule has 0 amide bonds. The highest BCUT2D eigenvalue weighted by molar-refractivity contribution is 7.98. The van der Waals surface area contributed by atoms with Crippen LogP contribution in [0.3, 0.4) is 0 Å². The molecule has 0 aliphatic rings. The lowest BCUT2D eigenvalue weighted by atomic mass is 10.6.